The minimum absolute atomic E-state index is 0.126. The van der Waals surface area contributed by atoms with Crippen LogP contribution in [0.1, 0.15) is 17.3 Å². The zero-order valence-electron chi connectivity index (χ0n) is 9.24. The highest BCUT2D eigenvalue weighted by atomic mass is 79.9. The highest BCUT2D eigenvalue weighted by Crippen LogP contribution is 2.13. The molecule has 1 aromatic rings. The van der Waals surface area contributed by atoms with E-state index in [1.54, 1.807) is 0 Å². The molecule has 0 unspecified atom stereocenters. The van der Waals surface area contributed by atoms with Crippen molar-refractivity contribution in [1.82, 2.24) is 10.2 Å². The molecule has 1 aliphatic rings. The number of nitrogens with zero attached hydrogens (tertiary/aromatic N) is 1. The Labute approximate surface area is 104 Å². The van der Waals surface area contributed by atoms with Crippen LogP contribution < -0.4 is 5.32 Å². The molecule has 1 aromatic carbocycles. The number of rotatable bonds is 1. The first kappa shape index (κ1) is 11.6. The lowest BCUT2D eigenvalue weighted by atomic mass is 10.1. The smallest absolute Gasteiger partial charge is 0.253 e. The maximum atomic E-state index is 12.1. The first-order chi connectivity index (χ1) is 7.66. The molecule has 0 radical (unpaired) electrons. The molecule has 1 saturated heterocycles. The van der Waals surface area contributed by atoms with Crippen LogP contribution in [0.4, 0.5) is 0 Å². The molecule has 1 amide bonds. The van der Waals surface area contributed by atoms with E-state index in [1.165, 1.54) is 0 Å². The second kappa shape index (κ2) is 4.97. The number of halogens is 1. The zero-order chi connectivity index (χ0) is 11.5. The minimum atomic E-state index is 0.126. The summed E-state index contributed by atoms with van der Waals surface area (Å²) in [6.07, 6.45) is 0. The monoisotopic (exact) mass is 282 g/mol. The summed E-state index contributed by atoms with van der Waals surface area (Å²) in [4.78, 5) is 14.0. The number of benzene rings is 1. The largest absolute Gasteiger partial charge is 0.336 e. The van der Waals surface area contributed by atoms with Crippen LogP contribution in [-0.4, -0.2) is 36.5 Å². The van der Waals surface area contributed by atoms with E-state index in [2.05, 4.69) is 28.2 Å². The summed E-state index contributed by atoms with van der Waals surface area (Å²) in [6.45, 7) is 4.55. The Morgan fingerprint density at radius 1 is 1.44 bits per heavy atom. The molecular formula is C12H15BrN2O. The molecule has 1 aliphatic heterocycles. The van der Waals surface area contributed by atoms with Gasteiger partial charge in [-0.2, -0.15) is 0 Å². The predicted molar refractivity (Wildman–Crippen MR) is 67.5 cm³/mol. The molecular weight excluding hydrogens is 268 g/mol. The van der Waals surface area contributed by atoms with E-state index in [1.807, 2.05) is 29.2 Å². The van der Waals surface area contributed by atoms with Gasteiger partial charge in [-0.3, -0.25) is 4.79 Å². The minimum Gasteiger partial charge on any atom is -0.336 e. The Hall–Kier alpha value is -0.870. The quantitative estimate of drug-likeness (QED) is 0.853. The molecule has 4 heteroatoms. The van der Waals surface area contributed by atoms with Crippen molar-refractivity contribution < 1.29 is 4.79 Å². The van der Waals surface area contributed by atoms with E-state index in [0.29, 0.717) is 6.04 Å². The van der Waals surface area contributed by atoms with E-state index in [4.69, 9.17) is 0 Å². The summed E-state index contributed by atoms with van der Waals surface area (Å²) < 4.78 is 0.998. The number of nitrogens with one attached hydrogen (secondary N) is 1. The van der Waals surface area contributed by atoms with Crippen LogP contribution in [0.5, 0.6) is 0 Å². The molecule has 1 heterocycles. The van der Waals surface area contributed by atoms with Crippen LogP contribution in [0.3, 0.4) is 0 Å². The number of hydrogen-bond acceptors (Lipinski definition) is 2. The lowest BCUT2D eigenvalue weighted by molar-refractivity contribution is 0.0709. The van der Waals surface area contributed by atoms with E-state index >= 15 is 0 Å². The fraction of sp³-hybridized carbons (Fsp3) is 0.417. The normalized spacial score (nSPS) is 20.9. The van der Waals surface area contributed by atoms with Crippen LogP contribution in [0.15, 0.2) is 28.7 Å². The van der Waals surface area contributed by atoms with Gasteiger partial charge in [0.25, 0.3) is 5.91 Å². The van der Waals surface area contributed by atoms with Crippen molar-refractivity contribution in [3.05, 3.63) is 34.3 Å². The van der Waals surface area contributed by atoms with Crippen molar-refractivity contribution in [1.29, 1.82) is 0 Å². The SMILES string of the molecule is C[C@H]1CN(C(=O)c2ccc(Br)cc2)CCN1. The van der Waals surface area contributed by atoms with Crippen molar-refractivity contribution in [2.75, 3.05) is 19.6 Å². The third kappa shape index (κ3) is 2.62. The van der Waals surface area contributed by atoms with Gasteiger partial charge in [-0.25, -0.2) is 0 Å². The highest BCUT2D eigenvalue weighted by molar-refractivity contribution is 9.10. The Morgan fingerprint density at radius 2 is 2.12 bits per heavy atom. The average molecular weight is 283 g/mol. The van der Waals surface area contributed by atoms with E-state index in [9.17, 15) is 4.79 Å². The fourth-order valence-electron chi connectivity index (χ4n) is 1.89. The molecule has 0 bridgehead atoms. The molecule has 1 fully saturated rings. The summed E-state index contributed by atoms with van der Waals surface area (Å²) in [7, 11) is 0. The molecule has 3 nitrogen and oxygen atoms in total. The summed E-state index contributed by atoms with van der Waals surface area (Å²) in [5.41, 5.74) is 0.761. The Kier molecular flexibility index (Phi) is 3.61. The van der Waals surface area contributed by atoms with Gasteiger partial charge in [0, 0.05) is 35.7 Å². The van der Waals surface area contributed by atoms with Gasteiger partial charge < -0.3 is 10.2 Å². The second-order valence-electron chi connectivity index (χ2n) is 4.11. The number of hydrogen-bond donors (Lipinski definition) is 1. The molecule has 0 aromatic heterocycles. The Morgan fingerprint density at radius 3 is 2.75 bits per heavy atom. The van der Waals surface area contributed by atoms with Crippen LogP contribution >= 0.6 is 15.9 Å². The van der Waals surface area contributed by atoms with Crippen LogP contribution in [0, 0.1) is 0 Å². The van der Waals surface area contributed by atoms with Gasteiger partial charge in [0.1, 0.15) is 0 Å². The molecule has 0 aliphatic carbocycles. The third-order valence-electron chi connectivity index (χ3n) is 2.75. The summed E-state index contributed by atoms with van der Waals surface area (Å²) in [5, 5.41) is 3.33. The topological polar surface area (TPSA) is 32.3 Å². The Balaban J connectivity index is 2.09. The molecule has 1 atom stereocenters. The maximum Gasteiger partial charge on any atom is 0.253 e. The maximum absolute atomic E-state index is 12.1. The number of carbonyl (C=O) groups is 1. The lowest BCUT2D eigenvalue weighted by Gasteiger charge is -2.31. The van der Waals surface area contributed by atoms with Crippen LogP contribution in [0.25, 0.3) is 0 Å². The third-order valence-corrected chi connectivity index (χ3v) is 3.28. The van der Waals surface area contributed by atoms with Crippen molar-refractivity contribution >= 4 is 21.8 Å². The lowest BCUT2D eigenvalue weighted by Crippen LogP contribution is -2.51. The van der Waals surface area contributed by atoms with Gasteiger partial charge in [-0.15, -0.1) is 0 Å². The average Bonchev–Trinajstić information content (AvgIpc) is 2.29. The highest BCUT2D eigenvalue weighted by Gasteiger charge is 2.21. The van der Waals surface area contributed by atoms with Gasteiger partial charge >= 0.3 is 0 Å². The van der Waals surface area contributed by atoms with E-state index < -0.39 is 0 Å². The molecule has 0 spiro atoms. The zero-order valence-corrected chi connectivity index (χ0v) is 10.8. The molecule has 0 saturated carbocycles. The molecule has 2 rings (SSSR count). The van der Waals surface area contributed by atoms with Gasteiger partial charge in [0.05, 0.1) is 0 Å². The van der Waals surface area contributed by atoms with Crippen molar-refractivity contribution in [3.63, 3.8) is 0 Å². The first-order valence-electron chi connectivity index (χ1n) is 5.45. The summed E-state index contributed by atoms with van der Waals surface area (Å²) in [5.74, 6) is 0.126. The fourth-order valence-corrected chi connectivity index (χ4v) is 2.16. The predicted octanol–water partition coefficient (Wildman–Crippen LogP) is 1.88. The second-order valence-corrected chi connectivity index (χ2v) is 5.03. The van der Waals surface area contributed by atoms with Crippen molar-refractivity contribution in [3.8, 4) is 0 Å². The first-order valence-corrected chi connectivity index (χ1v) is 6.24. The van der Waals surface area contributed by atoms with Crippen LogP contribution in [-0.2, 0) is 0 Å². The van der Waals surface area contributed by atoms with Gasteiger partial charge in [0.15, 0.2) is 0 Å². The van der Waals surface area contributed by atoms with Gasteiger partial charge in [-0.05, 0) is 31.2 Å². The van der Waals surface area contributed by atoms with Gasteiger partial charge in [0.2, 0.25) is 0 Å². The number of carbonyl (C=O) groups excluding carboxylic acids is 1. The van der Waals surface area contributed by atoms with Gasteiger partial charge in [-0.1, -0.05) is 15.9 Å². The number of amides is 1. The van der Waals surface area contributed by atoms with Crippen molar-refractivity contribution in [2.45, 2.75) is 13.0 Å². The summed E-state index contributed by atoms with van der Waals surface area (Å²) >= 11 is 3.37. The van der Waals surface area contributed by atoms with E-state index in [0.717, 1.165) is 29.7 Å². The molecule has 16 heavy (non-hydrogen) atoms. The Bertz CT molecular complexity index is 377. The molecule has 86 valence electrons. The summed E-state index contributed by atoms with van der Waals surface area (Å²) in [6, 6.07) is 7.91. The molecule has 1 N–H and O–H groups in total. The van der Waals surface area contributed by atoms with Crippen molar-refractivity contribution in [2.24, 2.45) is 0 Å². The standard InChI is InChI=1S/C12H15BrN2O/c1-9-8-15(7-6-14-9)12(16)10-2-4-11(13)5-3-10/h2-5,9,14H,6-8H2,1H3/t9-/m0/s1. The van der Waals surface area contributed by atoms with E-state index in [-0.39, 0.29) is 5.91 Å². The number of piperazine rings is 1. The van der Waals surface area contributed by atoms with Crippen LogP contribution in [0.2, 0.25) is 0 Å².